The van der Waals surface area contributed by atoms with Gasteiger partial charge in [0.05, 0.1) is 5.02 Å². The minimum atomic E-state index is -0.662. The van der Waals surface area contributed by atoms with Crippen molar-refractivity contribution in [3.05, 3.63) is 34.4 Å². The van der Waals surface area contributed by atoms with Gasteiger partial charge in [0, 0.05) is 18.0 Å². The molecule has 0 amide bonds. The zero-order valence-electron chi connectivity index (χ0n) is 8.64. The van der Waals surface area contributed by atoms with Crippen LogP contribution in [0.3, 0.4) is 0 Å². The summed E-state index contributed by atoms with van der Waals surface area (Å²) in [5.74, 6) is 1.22. The molecule has 0 aliphatic carbocycles. The number of rotatable bonds is 4. The summed E-state index contributed by atoms with van der Waals surface area (Å²) < 4.78 is 26.5. The molecule has 1 rings (SSSR count). The topological polar surface area (TPSA) is 26.0 Å². The Morgan fingerprint density at radius 2 is 2.06 bits per heavy atom. The lowest BCUT2D eigenvalue weighted by Gasteiger charge is -2.12. The van der Waals surface area contributed by atoms with Crippen molar-refractivity contribution in [1.82, 2.24) is 0 Å². The van der Waals surface area contributed by atoms with Gasteiger partial charge in [-0.25, -0.2) is 8.78 Å². The Morgan fingerprint density at radius 1 is 1.38 bits per heavy atom. The zero-order chi connectivity index (χ0) is 12.1. The summed E-state index contributed by atoms with van der Waals surface area (Å²) in [6, 6.07) is 1.42. The zero-order valence-corrected chi connectivity index (χ0v) is 9.40. The molecule has 1 atom stereocenters. The van der Waals surface area contributed by atoms with Gasteiger partial charge in [-0.3, -0.25) is 0 Å². The molecule has 0 aliphatic heterocycles. The smallest absolute Gasteiger partial charge is 0.142 e. The summed E-state index contributed by atoms with van der Waals surface area (Å²) in [6.45, 7) is 0. The molecule has 0 saturated heterocycles. The first-order valence-corrected chi connectivity index (χ1v) is 5.27. The van der Waals surface area contributed by atoms with Gasteiger partial charge in [-0.2, -0.15) is 0 Å². The number of nitrogens with two attached hydrogens (primary N) is 1. The molecule has 0 saturated carbocycles. The van der Waals surface area contributed by atoms with Crippen LogP contribution in [0.25, 0.3) is 0 Å². The molecular formula is C12H12ClF2N. The number of unbranched alkanes of at least 4 members (excludes halogenated alkanes) is 1. The highest BCUT2D eigenvalue weighted by atomic mass is 35.5. The molecule has 0 aromatic heterocycles. The summed E-state index contributed by atoms with van der Waals surface area (Å²) >= 11 is 5.44. The third-order valence-corrected chi connectivity index (χ3v) is 2.56. The Bertz CT molecular complexity index is 412. The Kier molecular flexibility index (Phi) is 4.72. The van der Waals surface area contributed by atoms with E-state index < -0.39 is 17.7 Å². The summed E-state index contributed by atoms with van der Waals surface area (Å²) in [6.07, 6.45) is 6.86. The van der Waals surface area contributed by atoms with E-state index >= 15 is 0 Å². The van der Waals surface area contributed by atoms with Crippen molar-refractivity contribution in [3.63, 3.8) is 0 Å². The van der Waals surface area contributed by atoms with Gasteiger partial charge in [-0.15, -0.1) is 12.3 Å². The molecule has 1 nitrogen and oxygen atoms in total. The van der Waals surface area contributed by atoms with E-state index in [1.54, 1.807) is 0 Å². The Balaban J connectivity index is 2.79. The SMILES string of the molecule is C#CCCCC(N)c1cc(F)c(Cl)cc1F. The maximum Gasteiger partial charge on any atom is 0.142 e. The number of hydrogen-bond donors (Lipinski definition) is 1. The van der Waals surface area contributed by atoms with Crippen molar-refractivity contribution < 1.29 is 8.78 Å². The van der Waals surface area contributed by atoms with E-state index in [9.17, 15) is 8.78 Å². The van der Waals surface area contributed by atoms with Crippen LogP contribution < -0.4 is 5.73 Å². The van der Waals surface area contributed by atoms with E-state index in [2.05, 4.69) is 5.92 Å². The summed E-state index contributed by atoms with van der Waals surface area (Å²) in [5, 5.41) is -0.239. The fourth-order valence-corrected chi connectivity index (χ4v) is 1.55. The van der Waals surface area contributed by atoms with Crippen molar-refractivity contribution in [2.24, 2.45) is 5.73 Å². The van der Waals surface area contributed by atoms with E-state index in [0.29, 0.717) is 19.3 Å². The van der Waals surface area contributed by atoms with Crippen LogP contribution in [0.5, 0.6) is 0 Å². The highest BCUT2D eigenvalue weighted by Crippen LogP contribution is 2.25. The van der Waals surface area contributed by atoms with Gasteiger partial charge in [0.2, 0.25) is 0 Å². The summed E-state index contributed by atoms with van der Waals surface area (Å²) in [4.78, 5) is 0. The molecule has 0 bridgehead atoms. The molecule has 4 heteroatoms. The van der Waals surface area contributed by atoms with Crippen LogP contribution in [0.1, 0.15) is 30.9 Å². The lowest BCUT2D eigenvalue weighted by atomic mass is 10.0. The van der Waals surface area contributed by atoms with Crippen LogP contribution in [0.15, 0.2) is 12.1 Å². The van der Waals surface area contributed by atoms with Crippen LogP contribution in [0.4, 0.5) is 8.78 Å². The second-order valence-electron chi connectivity index (χ2n) is 3.49. The van der Waals surface area contributed by atoms with Crippen LogP contribution in [0, 0.1) is 24.0 Å². The first-order valence-electron chi connectivity index (χ1n) is 4.89. The standard InChI is InChI=1S/C12H12ClF2N/c1-2-3-4-5-12(16)8-6-11(15)9(13)7-10(8)14/h1,6-7,12H,3-5,16H2. The molecule has 1 aromatic carbocycles. The van der Waals surface area contributed by atoms with E-state index in [1.807, 2.05) is 0 Å². The Labute approximate surface area is 98.6 Å². The van der Waals surface area contributed by atoms with Crippen molar-refractivity contribution >= 4 is 11.6 Å². The fourth-order valence-electron chi connectivity index (χ4n) is 1.40. The normalized spacial score (nSPS) is 12.2. The molecule has 2 N–H and O–H groups in total. The molecule has 16 heavy (non-hydrogen) atoms. The quantitative estimate of drug-likeness (QED) is 0.489. The second kappa shape index (κ2) is 5.83. The highest BCUT2D eigenvalue weighted by Gasteiger charge is 2.14. The minimum absolute atomic E-state index is 0.138. The molecule has 0 radical (unpaired) electrons. The van der Waals surface area contributed by atoms with Gasteiger partial charge < -0.3 is 5.73 Å². The predicted octanol–water partition coefficient (Wildman–Crippen LogP) is 3.42. The fraction of sp³-hybridized carbons (Fsp3) is 0.333. The van der Waals surface area contributed by atoms with E-state index in [4.69, 9.17) is 23.8 Å². The maximum atomic E-state index is 13.4. The summed E-state index contributed by atoms with van der Waals surface area (Å²) in [5.41, 5.74) is 5.88. The molecule has 0 fully saturated rings. The van der Waals surface area contributed by atoms with Crippen LogP contribution in [-0.2, 0) is 0 Å². The van der Waals surface area contributed by atoms with Gasteiger partial charge in [-0.1, -0.05) is 11.6 Å². The third-order valence-electron chi connectivity index (χ3n) is 2.28. The van der Waals surface area contributed by atoms with Crippen molar-refractivity contribution in [3.8, 4) is 12.3 Å². The summed E-state index contributed by atoms with van der Waals surface area (Å²) in [7, 11) is 0. The van der Waals surface area contributed by atoms with Gasteiger partial charge in [-0.05, 0) is 25.0 Å². The number of terminal acetylenes is 1. The van der Waals surface area contributed by atoms with Gasteiger partial charge in [0.15, 0.2) is 0 Å². The Morgan fingerprint density at radius 3 is 2.69 bits per heavy atom. The van der Waals surface area contributed by atoms with Crippen molar-refractivity contribution in [1.29, 1.82) is 0 Å². The average Bonchev–Trinajstić information content (AvgIpc) is 2.23. The number of halogens is 3. The molecule has 0 spiro atoms. The number of benzene rings is 1. The highest BCUT2D eigenvalue weighted by molar-refractivity contribution is 6.30. The van der Waals surface area contributed by atoms with Crippen molar-refractivity contribution in [2.75, 3.05) is 0 Å². The average molecular weight is 244 g/mol. The number of hydrogen-bond acceptors (Lipinski definition) is 1. The second-order valence-corrected chi connectivity index (χ2v) is 3.90. The molecular weight excluding hydrogens is 232 g/mol. The molecule has 1 unspecified atom stereocenters. The largest absolute Gasteiger partial charge is 0.324 e. The van der Waals surface area contributed by atoms with Gasteiger partial charge >= 0.3 is 0 Å². The predicted molar refractivity (Wildman–Crippen MR) is 61.0 cm³/mol. The Hall–Kier alpha value is -1.11. The molecule has 0 heterocycles. The van der Waals surface area contributed by atoms with Crippen LogP contribution in [0.2, 0.25) is 5.02 Å². The van der Waals surface area contributed by atoms with E-state index in [-0.39, 0.29) is 10.6 Å². The van der Waals surface area contributed by atoms with Gasteiger partial charge in [0.1, 0.15) is 11.6 Å². The lowest BCUT2D eigenvalue weighted by molar-refractivity contribution is 0.541. The van der Waals surface area contributed by atoms with E-state index in [1.165, 1.54) is 0 Å². The van der Waals surface area contributed by atoms with Crippen LogP contribution in [-0.4, -0.2) is 0 Å². The first-order chi connectivity index (χ1) is 7.56. The maximum absolute atomic E-state index is 13.4. The molecule has 0 aliphatic rings. The monoisotopic (exact) mass is 243 g/mol. The van der Waals surface area contributed by atoms with E-state index in [0.717, 1.165) is 12.1 Å². The lowest BCUT2D eigenvalue weighted by Crippen LogP contribution is -2.12. The minimum Gasteiger partial charge on any atom is -0.324 e. The molecule has 86 valence electrons. The first kappa shape index (κ1) is 13.0. The van der Waals surface area contributed by atoms with Crippen molar-refractivity contribution in [2.45, 2.75) is 25.3 Å². The molecule has 1 aromatic rings. The van der Waals surface area contributed by atoms with Crippen LogP contribution >= 0.6 is 11.6 Å². The third kappa shape index (κ3) is 3.19. The van der Waals surface area contributed by atoms with Gasteiger partial charge in [0.25, 0.3) is 0 Å².